The molecule has 8 nitrogen and oxygen atoms in total. The number of rotatable bonds is 9. The molecule has 3 aromatic rings. The van der Waals surface area contributed by atoms with Crippen LogP contribution in [0, 0.1) is 0 Å². The van der Waals surface area contributed by atoms with Gasteiger partial charge in [-0.2, -0.15) is 9.97 Å². The van der Waals surface area contributed by atoms with E-state index in [9.17, 15) is 0 Å². The average Bonchev–Trinajstić information content (AvgIpc) is 2.79. The molecule has 30 heavy (non-hydrogen) atoms. The summed E-state index contributed by atoms with van der Waals surface area (Å²) in [6.07, 6.45) is 3.79. The Morgan fingerprint density at radius 1 is 0.967 bits per heavy atom. The van der Waals surface area contributed by atoms with Gasteiger partial charge in [-0.3, -0.25) is 0 Å². The predicted molar refractivity (Wildman–Crippen MR) is 114 cm³/mol. The minimum Gasteiger partial charge on any atom is -0.481 e. The summed E-state index contributed by atoms with van der Waals surface area (Å²) in [7, 11) is 2.99. The smallest absolute Gasteiger partial charge is 0.328 e. The lowest BCUT2D eigenvalue weighted by molar-refractivity contribution is 0.175. The van der Waals surface area contributed by atoms with Crippen LogP contribution in [0.2, 0.25) is 0 Å². The number of methoxy groups -OCH3 is 2. The second-order valence-electron chi connectivity index (χ2n) is 5.92. The zero-order valence-electron chi connectivity index (χ0n) is 16.7. The fourth-order valence-corrected chi connectivity index (χ4v) is 2.45. The molecule has 0 saturated heterocycles. The maximum atomic E-state index is 6.09. The zero-order chi connectivity index (χ0) is 21.2. The first-order chi connectivity index (χ1) is 14.7. The molecule has 2 N–H and O–H groups in total. The van der Waals surface area contributed by atoms with E-state index in [4.69, 9.17) is 24.8 Å². The summed E-state index contributed by atoms with van der Waals surface area (Å²) < 4.78 is 16.1. The number of hydrogen-bond acceptors (Lipinski definition) is 7. The summed E-state index contributed by atoms with van der Waals surface area (Å²) in [4.78, 5) is 13.6. The number of nitrogens with zero attached hydrogens (tertiary/aromatic N) is 3. The normalized spacial score (nSPS) is 11.3. The van der Waals surface area contributed by atoms with Crippen molar-refractivity contribution in [2.45, 2.75) is 0 Å². The quantitative estimate of drug-likeness (QED) is 0.251. The molecule has 0 aliphatic heterocycles. The van der Waals surface area contributed by atoms with Gasteiger partial charge in [-0.1, -0.05) is 53.7 Å². The third kappa shape index (κ3) is 5.71. The molecule has 3 rings (SSSR count). The van der Waals surface area contributed by atoms with Gasteiger partial charge in [-0.15, -0.1) is 0 Å². The summed E-state index contributed by atoms with van der Waals surface area (Å²) in [6, 6.07) is 18.6. The number of amidine groups is 1. The lowest BCUT2D eigenvalue weighted by Gasteiger charge is -2.10. The first-order valence-electron chi connectivity index (χ1n) is 9.11. The number of hydrogen-bond donors (Lipinski definition) is 1. The average molecular weight is 406 g/mol. The van der Waals surface area contributed by atoms with Crippen LogP contribution in [0.5, 0.6) is 23.5 Å². The minimum absolute atomic E-state index is 0.0539. The van der Waals surface area contributed by atoms with E-state index in [-0.39, 0.29) is 18.5 Å². The minimum atomic E-state index is 0.0539. The van der Waals surface area contributed by atoms with Crippen LogP contribution in [0.1, 0.15) is 11.1 Å². The van der Waals surface area contributed by atoms with Crippen molar-refractivity contribution in [3.63, 3.8) is 0 Å². The maximum Gasteiger partial charge on any atom is 0.328 e. The van der Waals surface area contributed by atoms with Gasteiger partial charge in [-0.05, 0) is 23.8 Å². The Kier molecular flexibility index (Phi) is 7.21. The lowest BCUT2D eigenvalue weighted by atomic mass is 10.2. The van der Waals surface area contributed by atoms with Crippen LogP contribution in [-0.2, 0) is 4.84 Å². The number of aromatic nitrogens is 2. The largest absolute Gasteiger partial charge is 0.481 e. The Morgan fingerprint density at radius 3 is 2.33 bits per heavy atom. The van der Waals surface area contributed by atoms with E-state index < -0.39 is 0 Å². The van der Waals surface area contributed by atoms with Crippen molar-refractivity contribution in [2.24, 2.45) is 10.9 Å². The standard InChI is InChI=1S/C22H22N4O4/c1-27-19-15-20(28-2)25-22(24-19)30-18-13-7-6-12-17(18)21(23)26-29-14-8-11-16-9-4-3-5-10-16/h3-13,15H,14H2,1-2H3,(H2,23,26). The van der Waals surface area contributed by atoms with Crippen LogP contribution in [0.15, 0.2) is 71.9 Å². The molecule has 2 aromatic carbocycles. The van der Waals surface area contributed by atoms with Gasteiger partial charge < -0.3 is 24.8 Å². The predicted octanol–water partition coefficient (Wildman–Crippen LogP) is 3.64. The van der Waals surface area contributed by atoms with Crippen LogP contribution >= 0.6 is 0 Å². The number of para-hydroxylation sites is 1. The van der Waals surface area contributed by atoms with Crippen molar-refractivity contribution in [1.29, 1.82) is 0 Å². The fourth-order valence-electron chi connectivity index (χ4n) is 2.45. The summed E-state index contributed by atoms with van der Waals surface area (Å²) in [5, 5.41) is 3.97. The highest BCUT2D eigenvalue weighted by Gasteiger charge is 2.12. The van der Waals surface area contributed by atoms with Crippen LogP contribution in [0.25, 0.3) is 6.08 Å². The van der Waals surface area contributed by atoms with E-state index in [1.165, 1.54) is 14.2 Å². The molecule has 0 fully saturated rings. The van der Waals surface area contributed by atoms with Crippen molar-refractivity contribution in [2.75, 3.05) is 20.8 Å². The van der Waals surface area contributed by atoms with Crippen molar-refractivity contribution < 1.29 is 19.0 Å². The van der Waals surface area contributed by atoms with E-state index in [1.807, 2.05) is 48.6 Å². The zero-order valence-corrected chi connectivity index (χ0v) is 16.7. The van der Waals surface area contributed by atoms with Gasteiger partial charge >= 0.3 is 6.01 Å². The molecule has 0 spiro atoms. The summed E-state index contributed by atoms with van der Waals surface area (Å²) in [5.74, 6) is 1.19. The van der Waals surface area contributed by atoms with Crippen molar-refractivity contribution in [1.82, 2.24) is 9.97 Å². The van der Waals surface area contributed by atoms with E-state index >= 15 is 0 Å². The molecule has 8 heteroatoms. The summed E-state index contributed by atoms with van der Waals surface area (Å²) in [5.41, 5.74) is 7.70. The van der Waals surface area contributed by atoms with Crippen LogP contribution in [0.4, 0.5) is 0 Å². The van der Waals surface area contributed by atoms with Crippen LogP contribution in [-0.4, -0.2) is 36.6 Å². The van der Waals surface area contributed by atoms with Gasteiger partial charge in [0.05, 0.1) is 25.8 Å². The molecule has 0 amide bonds. The molecule has 0 aliphatic carbocycles. The topological polar surface area (TPSA) is 101 Å². The molecule has 1 aromatic heterocycles. The molecular formula is C22H22N4O4. The highest BCUT2D eigenvalue weighted by atomic mass is 16.6. The highest BCUT2D eigenvalue weighted by Crippen LogP contribution is 2.26. The van der Waals surface area contributed by atoms with Gasteiger partial charge in [0, 0.05) is 0 Å². The third-order valence-electron chi connectivity index (χ3n) is 3.88. The number of ether oxygens (including phenoxy) is 3. The monoisotopic (exact) mass is 406 g/mol. The molecule has 0 aliphatic rings. The second kappa shape index (κ2) is 10.5. The Morgan fingerprint density at radius 2 is 1.63 bits per heavy atom. The maximum absolute atomic E-state index is 6.09. The number of nitrogens with two attached hydrogens (primary N) is 1. The van der Waals surface area contributed by atoms with Gasteiger partial charge in [-0.25, -0.2) is 0 Å². The Hall–Kier alpha value is -4.07. The molecule has 1 heterocycles. The first-order valence-corrected chi connectivity index (χ1v) is 9.11. The molecule has 0 bridgehead atoms. The van der Waals surface area contributed by atoms with E-state index in [2.05, 4.69) is 15.1 Å². The third-order valence-corrected chi connectivity index (χ3v) is 3.88. The highest BCUT2D eigenvalue weighted by molar-refractivity contribution is 5.99. The molecule has 0 unspecified atom stereocenters. The second-order valence-corrected chi connectivity index (χ2v) is 5.92. The van der Waals surface area contributed by atoms with Gasteiger partial charge in [0.1, 0.15) is 12.4 Å². The SMILES string of the molecule is COc1cc(OC)nc(Oc2ccccc2C(N)=NOCC=Cc2ccccc2)n1. The number of oxime groups is 1. The van der Waals surface area contributed by atoms with Gasteiger partial charge in [0.15, 0.2) is 5.84 Å². The Balaban J connectivity index is 1.69. The first kappa shape index (κ1) is 20.7. The van der Waals surface area contributed by atoms with Crippen LogP contribution < -0.4 is 19.9 Å². The van der Waals surface area contributed by atoms with Crippen molar-refractivity contribution in [3.05, 3.63) is 77.9 Å². The Bertz CT molecular complexity index is 1000. The van der Waals surface area contributed by atoms with Crippen LogP contribution in [0.3, 0.4) is 0 Å². The molecule has 0 atom stereocenters. The molecular weight excluding hydrogens is 384 g/mol. The van der Waals surface area contributed by atoms with E-state index in [0.717, 1.165) is 5.56 Å². The fraction of sp³-hybridized carbons (Fsp3) is 0.136. The summed E-state index contributed by atoms with van der Waals surface area (Å²) >= 11 is 0. The van der Waals surface area contributed by atoms with E-state index in [0.29, 0.717) is 23.1 Å². The van der Waals surface area contributed by atoms with Crippen molar-refractivity contribution >= 4 is 11.9 Å². The van der Waals surface area contributed by atoms with E-state index in [1.54, 1.807) is 24.3 Å². The number of benzene rings is 2. The summed E-state index contributed by atoms with van der Waals surface area (Å²) in [6.45, 7) is 0.273. The van der Waals surface area contributed by atoms with Gasteiger partial charge in [0.25, 0.3) is 0 Å². The molecule has 0 radical (unpaired) electrons. The Labute approximate surface area is 174 Å². The van der Waals surface area contributed by atoms with Crippen molar-refractivity contribution in [3.8, 4) is 23.5 Å². The molecule has 0 saturated carbocycles. The van der Waals surface area contributed by atoms with Gasteiger partial charge in [0.2, 0.25) is 11.8 Å². The molecule has 154 valence electrons. The lowest BCUT2D eigenvalue weighted by Crippen LogP contribution is -2.15.